The van der Waals surface area contributed by atoms with E-state index in [-0.39, 0.29) is 6.42 Å². The van der Waals surface area contributed by atoms with Crippen molar-refractivity contribution in [3.8, 4) is 0 Å². The van der Waals surface area contributed by atoms with Gasteiger partial charge in [-0.25, -0.2) is 4.21 Å². The van der Waals surface area contributed by atoms with Gasteiger partial charge in [0.1, 0.15) is 17.0 Å². The predicted molar refractivity (Wildman–Crippen MR) is 101 cm³/mol. The van der Waals surface area contributed by atoms with Crippen LogP contribution in [-0.4, -0.2) is 33.0 Å². The van der Waals surface area contributed by atoms with Crippen LogP contribution in [0.15, 0.2) is 24.3 Å². The molecular weight excluding hydrogens is 348 g/mol. The summed E-state index contributed by atoms with van der Waals surface area (Å²) in [6.07, 6.45) is 6.89. The summed E-state index contributed by atoms with van der Waals surface area (Å²) in [7, 11) is -1.09. The van der Waals surface area contributed by atoms with Crippen LogP contribution < -0.4 is 10.5 Å². The highest BCUT2D eigenvalue weighted by Crippen LogP contribution is 2.13. The molecule has 0 aliphatic heterocycles. The Morgan fingerprint density at radius 2 is 1.71 bits per heavy atom. The number of unbranched alkanes of at least 4 members (excludes halogenated alkanes) is 5. The number of nitrogens with two attached hydrogens (primary N) is 1. The Labute approximate surface area is 151 Å². The first kappa shape index (κ1) is 20.9. The Balaban J connectivity index is 2.23. The molecular formula is C17H27ClN2O3S. The first-order valence-corrected chi connectivity index (χ1v) is 10.2. The van der Waals surface area contributed by atoms with Crippen molar-refractivity contribution in [2.75, 3.05) is 16.4 Å². The number of alkyl halides is 1. The maximum Gasteiger partial charge on any atom is 0.320 e. The molecule has 5 nitrogen and oxygen atoms in total. The maximum atomic E-state index is 12.0. The number of aliphatic carboxylic acids is 1. The summed E-state index contributed by atoms with van der Waals surface area (Å²) in [5.41, 5.74) is 7.12. The molecule has 0 aromatic heterocycles. The second kappa shape index (κ2) is 12.3. The molecule has 0 spiro atoms. The molecule has 4 N–H and O–H groups in total. The normalized spacial score (nSPS) is 13.4. The van der Waals surface area contributed by atoms with Gasteiger partial charge in [-0.15, -0.1) is 11.6 Å². The number of halogens is 1. The lowest BCUT2D eigenvalue weighted by Crippen LogP contribution is -2.32. The fourth-order valence-electron chi connectivity index (χ4n) is 2.27. The van der Waals surface area contributed by atoms with Gasteiger partial charge in [0.25, 0.3) is 0 Å². The molecule has 1 unspecified atom stereocenters. The molecule has 1 aromatic carbocycles. The van der Waals surface area contributed by atoms with Crippen molar-refractivity contribution in [1.29, 1.82) is 0 Å². The van der Waals surface area contributed by atoms with E-state index in [1.54, 1.807) is 24.3 Å². The molecule has 1 rings (SSSR count). The molecule has 0 fully saturated rings. The number of hydrogen-bond acceptors (Lipinski definition) is 3. The summed E-state index contributed by atoms with van der Waals surface area (Å²) in [6.45, 7) is 0. The number of carbonyl (C=O) groups is 1. The molecule has 24 heavy (non-hydrogen) atoms. The van der Waals surface area contributed by atoms with Crippen molar-refractivity contribution in [1.82, 2.24) is 0 Å². The first-order chi connectivity index (χ1) is 11.5. The molecule has 0 saturated carbocycles. The zero-order chi connectivity index (χ0) is 17.8. The van der Waals surface area contributed by atoms with E-state index in [1.165, 1.54) is 12.8 Å². The van der Waals surface area contributed by atoms with Gasteiger partial charge in [0.15, 0.2) is 0 Å². The highest BCUT2D eigenvalue weighted by molar-refractivity contribution is 7.86. The van der Waals surface area contributed by atoms with Crippen LogP contribution in [0.4, 0.5) is 5.69 Å². The van der Waals surface area contributed by atoms with Gasteiger partial charge in [-0.05, 0) is 37.0 Å². The van der Waals surface area contributed by atoms with Gasteiger partial charge in [0.2, 0.25) is 0 Å². The molecule has 0 heterocycles. The third-order valence-electron chi connectivity index (χ3n) is 3.67. The second-order valence-electron chi connectivity index (χ2n) is 5.81. The van der Waals surface area contributed by atoms with E-state index in [0.29, 0.717) is 5.75 Å². The van der Waals surface area contributed by atoms with Gasteiger partial charge in [-0.2, -0.15) is 0 Å². The molecule has 0 saturated heterocycles. The lowest BCUT2D eigenvalue weighted by molar-refractivity contribution is -0.138. The average Bonchev–Trinajstić information content (AvgIpc) is 2.55. The van der Waals surface area contributed by atoms with Crippen LogP contribution in [-0.2, 0) is 22.2 Å². The molecule has 136 valence electrons. The fraction of sp³-hybridized carbons (Fsp3) is 0.588. The average molecular weight is 375 g/mol. The smallest absolute Gasteiger partial charge is 0.320 e. The van der Waals surface area contributed by atoms with E-state index in [2.05, 4.69) is 4.72 Å². The van der Waals surface area contributed by atoms with Gasteiger partial charge in [0.05, 0.1) is 0 Å². The Hall–Kier alpha value is -1.11. The van der Waals surface area contributed by atoms with Crippen LogP contribution in [0, 0.1) is 0 Å². The summed E-state index contributed by atoms with van der Waals surface area (Å²) in [4.78, 5) is 10.7. The van der Waals surface area contributed by atoms with Gasteiger partial charge < -0.3 is 15.6 Å². The summed E-state index contributed by atoms with van der Waals surface area (Å²) in [5.74, 6) is 0.344. The highest BCUT2D eigenvalue weighted by Gasteiger charge is 2.11. The summed E-state index contributed by atoms with van der Waals surface area (Å²) in [5, 5.41) is 8.80. The molecule has 1 aromatic rings. The Bertz CT molecular complexity index is 511. The van der Waals surface area contributed by atoms with Crippen molar-refractivity contribution in [2.45, 2.75) is 51.0 Å². The Morgan fingerprint density at radius 3 is 2.29 bits per heavy atom. The molecule has 0 bridgehead atoms. The van der Waals surface area contributed by atoms with Crippen LogP contribution in [0.5, 0.6) is 0 Å². The Kier molecular flexibility index (Phi) is 10.7. The highest BCUT2D eigenvalue weighted by atomic mass is 35.5. The zero-order valence-electron chi connectivity index (χ0n) is 13.9. The monoisotopic (exact) mass is 374 g/mol. The minimum Gasteiger partial charge on any atom is -0.480 e. The lowest BCUT2D eigenvalue weighted by Gasteiger charge is -2.09. The first-order valence-electron chi connectivity index (χ1n) is 8.31. The van der Waals surface area contributed by atoms with E-state index >= 15 is 0 Å². The number of benzene rings is 1. The minimum atomic E-state index is -1.09. The standard InChI is InChI=1S/C17H27ClN2O3S/c18-11-5-3-1-2-4-6-12-24(23)20-15-9-7-14(8-10-15)13-16(19)17(21)22/h7-10,16,20H,1-6,11-13,19H2,(H,21,22)/t16-,24?/m0/s1. The second-order valence-corrected chi connectivity index (χ2v) is 7.49. The van der Waals surface area contributed by atoms with Gasteiger partial charge in [-0.1, -0.05) is 37.8 Å². The van der Waals surface area contributed by atoms with Crippen molar-refractivity contribution in [2.24, 2.45) is 5.73 Å². The van der Waals surface area contributed by atoms with Crippen LogP contribution in [0.2, 0.25) is 0 Å². The number of nitrogens with one attached hydrogen (secondary N) is 1. The SMILES string of the molecule is N[C@@H](Cc1ccc(NS(=O)CCCCCCCCCl)cc1)C(=O)O. The van der Waals surface area contributed by atoms with Gasteiger partial charge in [0, 0.05) is 17.3 Å². The van der Waals surface area contributed by atoms with E-state index in [1.807, 2.05) is 0 Å². The molecule has 7 heteroatoms. The van der Waals surface area contributed by atoms with Gasteiger partial charge in [-0.3, -0.25) is 4.79 Å². The predicted octanol–water partition coefficient (Wildman–Crippen LogP) is 3.30. The van der Waals surface area contributed by atoms with E-state index in [4.69, 9.17) is 22.4 Å². The summed E-state index contributed by atoms with van der Waals surface area (Å²) in [6, 6.07) is 6.31. The van der Waals surface area contributed by atoms with Crippen LogP contribution >= 0.6 is 11.6 Å². The third-order valence-corrected chi connectivity index (χ3v) is 5.06. The van der Waals surface area contributed by atoms with Crippen molar-refractivity contribution >= 4 is 34.2 Å². The summed E-state index contributed by atoms with van der Waals surface area (Å²) < 4.78 is 14.9. The lowest BCUT2D eigenvalue weighted by atomic mass is 10.1. The van der Waals surface area contributed by atoms with Gasteiger partial charge >= 0.3 is 5.97 Å². The molecule has 2 atom stereocenters. The Morgan fingerprint density at radius 1 is 1.12 bits per heavy atom. The molecule has 0 aliphatic rings. The third kappa shape index (κ3) is 9.25. The molecule has 0 radical (unpaired) electrons. The maximum absolute atomic E-state index is 12.0. The topological polar surface area (TPSA) is 92.4 Å². The van der Waals surface area contributed by atoms with Crippen LogP contribution in [0.1, 0.15) is 44.1 Å². The molecule has 0 aliphatic carbocycles. The summed E-state index contributed by atoms with van der Waals surface area (Å²) >= 11 is 5.63. The van der Waals surface area contributed by atoms with Crippen molar-refractivity contribution < 1.29 is 14.1 Å². The van der Waals surface area contributed by atoms with Crippen LogP contribution in [0.3, 0.4) is 0 Å². The fourth-order valence-corrected chi connectivity index (χ4v) is 3.42. The largest absolute Gasteiger partial charge is 0.480 e. The number of rotatable bonds is 13. The number of anilines is 1. The van der Waals surface area contributed by atoms with Crippen LogP contribution in [0.25, 0.3) is 0 Å². The van der Waals surface area contributed by atoms with E-state index in [9.17, 15) is 9.00 Å². The number of carboxylic acids is 1. The van der Waals surface area contributed by atoms with E-state index in [0.717, 1.165) is 42.8 Å². The quantitative estimate of drug-likeness (QED) is 0.365. The zero-order valence-corrected chi connectivity index (χ0v) is 15.5. The minimum absolute atomic E-state index is 0.280. The number of hydrogen-bond donors (Lipinski definition) is 3. The number of carboxylic acid groups (broad SMARTS) is 1. The van der Waals surface area contributed by atoms with E-state index < -0.39 is 23.0 Å². The van der Waals surface area contributed by atoms with Crippen molar-refractivity contribution in [3.63, 3.8) is 0 Å². The molecule has 0 amide bonds. The van der Waals surface area contributed by atoms with Crippen molar-refractivity contribution in [3.05, 3.63) is 29.8 Å².